The summed E-state index contributed by atoms with van der Waals surface area (Å²) in [7, 11) is 0. The number of benzene rings is 1. The topological polar surface area (TPSA) is 90.6 Å². The maximum absolute atomic E-state index is 12.3. The highest BCUT2D eigenvalue weighted by Gasteiger charge is 2.10. The van der Waals surface area contributed by atoms with Crippen LogP contribution in [0.15, 0.2) is 59.8 Å². The number of hydrogen-bond donors (Lipinski definition) is 3. The summed E-state index contributed by atoms with van der Waals surface area (Å²) in [6.07, 6.45) is 5.33. The third-order valence-electron chi connectivity index (χ3n) is 3.95. The first-order valence-corrected chi connectivity index (χ1v) is 7.53. The molecule has 4 rings (SSSR count). The minimum Gasteiger partial charge on any atom is -0.346 e. The third-order valence-corrected chi connectivity index (χ3v) is 3.95. The van der Waals surface area contributed by atoms with Crippen molar-refractivity contribution in [3.8, 4) is 0 Å². The fourth-order valence-corrected chi connectivity index (χ4v) is 2.80. The lowest BCUT2D eigenvalue weighted by Crippen LogP contribution is -2.14. The maximum Gasteiger partial charge on any atom is 0.255 e. The highest BCUT2D eigenvalue weighted by atomic mass is 16.1. The number of nitrogens with zero attached hydrogens (tertiary/aromatic N) is 1. The second-order valence-corrected chi connectivity index (χ2v) is 5.55. The Morgan fingerprint density at radius 3 is 2.96 bits per heavy atom. The number of aromatic amines is 2. The number of carbonyl (C=O) groups excluding carboxylic acids is 1. The number of nitrogens with one attached hydrogen (secondary N) is 3. The van der Waals surface area contributed by atoms with Crippen molar-refractivity contribution in [3.05, 3.63) is 70.9 Å². The van der Waals surface area contributed by atoms with E-state index in [0.29, 0.717) is 11.1 Å². The Labute approximate surface area is 136 Å². The SMILES string of the molecule is O=C(Cc1c[nH]c2ncccc12)Nc1ccc2cc[nH]c(=O)c2c1. The molecule has 6 heteroatoms. The molecule has 4 aromatic rings. The smallest absolute Gasteiger partial charge is 0.255 e. The fraction of sp³-hybridized carbons (Fsp3) is 0.0556. The van der Waals surface area contributed by atoms with Crippen molar-refractivity contribution in [1.29, 1.82) is 0 Å². The van der Waals surface area contributed by atoms with Crippen molar-refractivity contribution in [1.82, 2.24) is 15.0 Å². The number of amides is 1. The summed E-state index contributed by atoms with van der Waals surface area (Å²) in [5.41, 5.74) is 2.07. The van der Waals surface area contributed by atoms with E-state index in [2.05, 4.69) is 20.3 Å². The summed E-state index contributed by atoms with van der Waals surface area (Å²) in [5.74, 6) is -0.147. The number of fused-ring (bicyclic) bond motifs is 2. The number of rotatable bonds is 3. The van der Waals surface area contributed by atoms with E-state index in [1.165, 1.54) is 0 Å². The van der Waals surface area contributed by atoms with E-state index in [-0.39, 0.29) is 17.9 Å². The van der Waals surface area contributed by atoms with Crippen LogP contribution in [-0.2, 0) is 11.2 Å². The number of pyridine rings is 2. The van der Waals surface area contributed by atoms with E-state index in [4.69, 9.17) is 0 Å². The van der Waals surface area contributed by atoms with Gasteiger partial charge in [-0.1, -0.05) is 6.07 Å². The molecule has 0 aliphatic rings. The van der Waals surface area contributed by atoms with Gasteiger partial charge in [0, 0.05) is 35.1 Å². The Hall–Kier alpha value is -3.41. The molecule has 0 spiro atoms. The fourth-order valence-electron chi connectivity index (χ4n) is 2.80. The van der Waals surface area contributed by atoms with Crippen LogP contribution in [0.5, 0.6) is 0 Å². The summed E-state index contributed by atoms with van der Waals surface area (Å²) in [5, 5.41) is 5.15. The van der Waals surface area contributed by atoms with Gasteiger partial charge in [-0.25, -0.2) is 4.98 Å². The lowest BCUT2D eigenvalue weighted by Gasteiger charge is -2.06. The van der Waals surface area contributed by atoms with Crippen LogP contribution in [0.2, 0.25) is 0 Å². The van der Waals surface area contributed by atoms with Crippen LogP contribution in [0.1, 0.15) is 5.56 Å². The number of aromatic nitrogens is 3. The molecule has 0 bridgehead atoms. The minimum absolute atomic E-state index is 0.147. The maximum atomic E-state index is 12.3. The van der Waals surface area contributed by atoms with Crippen LogP contribution >= 0.6 is 0 Å². The summed E-state index contributed by atoms with van der Waals surface area (Å²) < 4.78 is 0. The average Bonchev–Trinajstić information content (AvgIpc) is 2.99. The molecule has 3 N–H and O–H groups in total. The van der Waals surface area contributed by atoms with Gasteiger partial charge >= 0.3 is 0 Å². The van der Waals surface area contributed by atoms with E-state index >= 15 is 0 Å². The van der Waals surface area contributed by atoms with Crippen molar-refractivity contribution in [2.24, 2.45) is 0 Å². The molecule has 118 valence electrons. The van der Waals surface area contributed by atoms with Gasteiger partial charge in [0.15, 0.2) is 0 Å². The number of hydrogen-bond acceptors (Lipinski definition) is 3. The summed E-state index contributed by atoms with van der Waals surface area (Å²) >= 11 is 0. The van der Waals surface area contributed by atoms with E-state index in [1.807, 2.05) is 24.3 Å². The normalized spacial score (nSPS) is 11.0. The van der Waals surface area contributed by atoms with Crippen LogP contribution in [0, 0.1) is 0 Å². The zero-order valence-corrected chi connectivity index (χ0v) is 12.7. The van der Waals surface area contributed by atoms with Gasteiger partial charge in [0.25, 0.3) is 5.56 Å². The van der Waals surface area contributed by atoms with Crippen molar-refractivity contribution in [2.75, 3.05) is 5.32 Å². The first kappa shape index (κ1) is 14.2. The molecule has 24 heavy (non-hydrogen) atoms. The molecule has 6 nitrogen and oxygen atoms in total. The Kier molecular flexibility index (Phi) is 3.35. The Morgan fingerprint density at radius 2 is 2.04 bits per heavy atom. The van der Waals surface area contributed by atoms with Gasteiger partial charge in [-0.2, -0.15) is 0 Å². The molecule has 3 heterocycles. The minimum atomic E-state index is -0.175. The number of H-pyrrole nitrogens is 2. The Balaban J connectivity index is 1.58. The van der Waals surface area contributed by atoms with Crippen LogP contribution in [-0.4, -0.2) is 20.9 Å². The van der Waals surface area contributed by atoms with Crippen LogP contribution in [0.4, 0.5) is 5.69 Å². The monoisotopic (exact) mass is 318 g/mol. The molecule has 1 amide bonds. The van der Waals surface area contributed by atoms with Crippen LogP contribution < -0.4 is 10.9 Å². The molecular formula is C18H14N4O2. The third kappa shape index (κ3) is 2.54. The van der Waals surface area contributed by atoms with Gasteiger partial charge in [0.1, 0.15) is 5.65 Å². The predicted molar refractivity (Wildman–Crippen MR) is 93.0 cm³/mol. The molecule has 0 unspecified atom stereocenters. The molecule has 3 aromatic heterocycles. The molecule has 0 fully saturated rings. The molecule has 0 aliphatic carbocycles. The Morgan fingerprint density at radius 1 is 1.12 bits per heavy atom. The zero-order valence-electron chi connectivity index (χ0n) is 12.7. The van der Waals surface area contributed by atoms with E-state index < -0.39 is 0 Å². The van der Waals surface area contributed by atoms with Gasteiger partial charge in [-0.3, -0.25) is 9.59 Å². The largest absolute Gasteiger partial charge is 0.346 e. The molecule has 0 radical (unpaired) electrons. The number of carbonyl (C=O) groups is 1. The second-order valence-electron chi connectivity index (χ2n) is 5.55. The van der Waals surface area contributed by atoms with Crippen molar-refractivity contribution in [2.45, 2.75) is 6.42 Å². The van der Waals surface area contributed by atoms with Gasteiger partial charge in [-0.15, -0.1) is 0 Å². The molecule has 0 atom stereocenters. The molecule has 0 saturated carbocycles. The van der Waals surface area contributed by atoms with Crippen molar-refractivity contribution >= 4 is 33.4 Å². The van der Waals surface area contributed by atoms with Crippen LogP contribution in [0.25, 0.3) is 21.8 Å². The molecular weight excluding hydrogens is 304 g/mol. The molecule has 1 aromatic carbocycles. The van der Waals surface area contributed by atoms with Gasteiger partial charge in [0.05, 0.1) is 6.42 Å². The first-order chi connectivity index (χ1) is 11.7. The Bertz CT molecular complexity index is 1110. The van der Waals surface area contributed by atoms with E-state index in [9.17, 15) is 9.59 Å². The summed E-state index contributed by atoms with van der Waals surface area (Å²) in [6.45, 7) is 0. The molecule has 0 saturated heterocycles. The van der Waals surface area contributed by atoms with Gasteiger partial charge < -0.3 is 15.3 Å². The van der Waals surface area contributed by atoms with Gasteiger partial charge in [0.2, 0.25) is 5.91 Å². The molecule has 0 aliphatic heterocycles. The van der Waals surface area contributed by atoms with Crippen molar-refractivity contribution in [3.63, 3.8) is 0 Å². The number of anilines is 1. The summed E-state index contributed by atoms with van der Waals surface area (Å²) in [4.78, 5) is 34.0. The standard InChI is InChI=1S/C18H14N4O2/c23-16(8-12-10-21-17-14(12)2-1-6-19-17)22-13-4-3-11-5-7-20-18(24)15(11)9-13/h1-7,9-10H,8H2,(H,19,21)(H,20,24)(H,22,23). The second kappa shape index (κ2) is 5.66. The van der Waals surface area contributed by atoms with Crippen molar-refractivity contribution < 1.29 is 4.79 Å². The quantitative estimate of drug-likeness (QED) is 0.542. The zero-order chi connectivity index (χ0) is 16.5. The average molecular weight is 318 g/mol. The first-order valence-electron chi connectivity index (χ1n) is 7.53. The highest BCUT2D eigenvalue weighted by molar-refractivity contribution is 5.97. The van der Waals surface area contributed by atoms with E-state index in [1.54, 1.807) is 30.7 Å². The lowest BCUT2D eigenvalue weighted by atomic mass is 10.1. The highest BCUT2D eigenvalue weighted by Crippen LogP contribution is 2.18. The lowest BCUT2D eigenvalue weighted by molar-refractivity contribution is -0.115. The van der Waals surface area contributed by atoms with Gasteiger partial charge in [-0.05, 0) is 41.3 Å². The predicted octanol–water partition coefficient (Wildman–Crippen LogP) is 2.59. The summed E-state index contributed by atoms with van der Waals surface area (Å²) in [6, 6.07) is 10.9. The van der Waals surface area contributed by atoms with E-state index in [0.717, 1.165) is 22.0 Å². The van der Waals surface area contributed by atoms with Crippen LogP contribution in [0.3, 0.4) is 0 Å².